The van der Waals surface area contributed by atoms with E-state index in [1.54, 1.807) is 12.1 Å². The van der Waals surface area contributed by atoms with Crippen molar-refractivity contribution in [2.45, 2.75) is 0 Å². The topological polar surface area (TPSA) is 121 Å². The fourth-order valence-electron chi connectivity index (χ4n) is 1.75. The van der Waals surface area contributed by atoms with Crippen LogP contribution in [0.25, 0.3) is 22.6 Å². The van der Waals surface area contributed by atoms with E-state index in [0.717, 1.165) is 5.56 Å². The molecular weight excluding hydrogens is 246 g/mol. The minimum absolute atomic E-state index is 0.110. The number of H-pyrrole nitrogens is 1. The number of fused-ring (bicyclic) bond motifs is 1. The number of carboxylic acids is 1. The lowest BCUT2D eigenvalue weighted by molar-refractivity contribution is -0.255. The number of anilines is 1. The molecule has 3 N–H and O–H groups in total. The molecule has 7 nitrogen and oxygen atoms in total. The summed E-state index contributed by atoms with van der Waals surface area (Å²) in [5.74, 6) is -0.353. The summed E-state index contributed by atoms with van der Waals surface area (Å²) in [6, 6.07) is 6.17. The smallest absolute Gasteiger partial charge is 0.183 e. The van der Waals surface area contributed by atoms with Crippen LogP contribution in [0.1, 0.15) is 10.4 Å². The summed E-state index contributed by atoms with van der Waals surface area (Å²) < 4.78 is 0. The van der Waals surface area contributed by atoms with Gasteiger partial charge in [-0.2, -0.15) is 0 Å². The van der Waals surface area contributed by atoms with Crippen LogP contribution in [0, 0.1) is 0 Å². The normalized spacial score (nSPS) is 10.7. The largest absolute Gasteiger partial charge is 0.545 e. The molecule has 3 aromatic rings. The first-order valence-corrected chi connectivity index (χ1v) is 5.43. The molecule has 3 rings (SSSR count). The van der Waals surface area contributed by atoms with Crippen molar-refractivity contribution in [3.8, 4) is 11.4 Å². The van der Waals surface area contributed by atoms with Gasteiger partial charge in [0.1, 0.15) is 17.7 Å². The van der Waals surface area contributed by atoms with Crippen molar-refractivity contribution in [3.63, 3.8) is 0 Å². The van der Waals surface area contributed by atoms with Gasteiger partial charge in [0.25, 0.3) is 0 Å². The Balaban J connectivity index is 2.09. The van der Waals surface area contributed by atoms with E-state index in [4.69, 9.17) is 5.73 Å². The highest BCUT2D eigenvalue weighted by Gasteiger charge is 2.09. The van der Waals surface area contributed by atoms with Gasteiger partial charge in [-0.3, -0.25) is 0 Å². The summed E-state index contributed by atoms with van der Waals surface area (Å²) in [6.07, 6.45) is 1.33. The molecule has 0 aliphatic rings. The molecule has 7 heteroatoms. The van der Waals surface area contributed by atoms with E-state index >= 15 is 0 Å². The molecule has 0 saturated carbocycles. The summed E-state index contributed by atoms with van der Waals surface area (Å²) in [4.78, 5) is 25.8. The Morgan fingerprint density at radius 1 is 1.21 bits per heavy atom. The summed E-state index contributed by atoms with van der Waals surface area (Å²) >= 11 is 0. The number of nitrogens with two attached hydrogens (primary N) is 1. The monoisotopic (exact) mass is 254 g/mol. The van der Waals surface area contributed by atoms with Crippen molar-refractivity contribution in [2.24, 2.45) is 0 Å². The van der Waals surface area contributed by atoms with Gasteiger partial charge in [-0.05, 0) is 5.56 Å². The van der Waals surface area contributed by atoms with Crippen molar-refractivity contribution >= 4 is 23.0 Å². The Labute approximate surface area is 107 Å². The van der Waals surface area contributed by atoms with Crippen molar-refractivity contribution in [1.29, 1.82) is 0 Å². The molecule has 0 amide bonds. The number of nitrogen functional groups attached to an aromatic ring is 1. The zero-order chi connectivity index (χ0) is 13.4. The average molecular weight is 254 g/mol. The summed E-state index contributed by atoms with van der Waals surface area (Å²) in [6.45, 7) is 0. The minimum Gasteiger partial charge on any atom is -0.545 e. The van der Waals surface area contributed by atoms with Gasteiger partial charge in [-0.1, -0.05) is 24.3 Å². The van der Waals surface area contributed by atoms with Crippen LogP contribution < -0.4 is 10.8 Å². The number of nitrogens with one attached hydrogen (secondary N) is 1. The zero-order valence-corrected chi connectivity index (χ0v) is 9.62. The van der Waals surface area contributed by atoms with Crippen LogP contribution in [0.2, 0.25) is 0 Å². The Kier molecular flexibility index (Phi) is 2.38. The SMILES string of the molecule is Nc1ncnc2nc(-c3ccc(C(=O)[O-])cc3)[nH]c12. The molecule has 0 aliphatic heterocycles. The predicted molar refractivity (Wildman–Crippen MR) is 65.9 cm³/mol. The Bertz CT molecular complexity index is 763. The molecular formula is C12H8N5O2-. The van der Waals surface area contributed by atoms with E-state index in [0.29, 0.717) is 22.8 Å². The van der Waals surface area contributed by atoms with Crippen LogP contribution in [-0.4, -0.2) is 25.9 Å². The number of hydrogen-bond donors (Lipinski definition) is 2. The molecule has 0 fully saturated rings. The quantitative estimate of drug-likeness (QED) is 0.662. The Morgan fingerprint density at radius 2 is 1.95 bits per heavy atom. The van der Waals surface area contributed by atoms with E-state index in [9.17, 15) is 9.90 Å². The maximum atomic E-state index is 10.7. The molecule has 0 atom stereocenters. The standard InChI is InChI=1S/C12H9N5O2/c13-9-8-11(15-5-14-9)17-10(16-8)6-1-3-7(4-2-6)12(18)19/h1-5H,(H,18,19)(H3,13,14,15,16,17)/p-1. The van der Waals surface area contributed by atoms with E-state index in [-0.39, 0.29) is 5.56 Å². The maximum Gasteiger partial charge on any atom is 0.183 e. The maximum absolute atomic E-state index is 10.7. The number of imidazole rings is 1. The summed E-state index contributed by atoms with van der Waals surface area (Å²) in [5, 5.41) is 10.7. The van der Waals surface area contributed by atoms with Crippen LogP contribution in [0.5, 0.6) is 0 Å². The van der Waals surface area contributed by atoms with Gasteiger partial charge in [-0.15, -0.1) is 0 Å². The molecule has 1 aromatic carbocycles. The number of carbonyl (C=O) groups excluding carboxylic acids is 1. The third-order valence-electron chi connectivity index (χ3n) is 2.71. The highest BCUT2D eigenvalue weighted by Crippen LogP contribution is 2.21. The van der Waals surface area contributed by atoms with Crippen LogP contribution in [0.15, 0.2) is 30.6 Å². The molecule has 0 saturated heterocycles. The lowest BCUT2D eigenvalue weighted by Gasteiger charge is -2.02. The first-order valence-electron chi connectivity index (χ1n) is 5.43. The molecule has 94 valence electrons. The molecule has 0 spiro atoms. The second-order valence-electron chi connectivity index (χ2n) is 3.91. The molecule has 2 aromatic heterocycles. The van der Waals surface area contributed by atoms with Crippen molar-refractivity contribution in [1.82, 2.24) is 19.9 Å². The predicted octanol–water partition coefficient (Wildman–Crippen LogP) is -0.0344. The Morgan fingerprint density at radius 3 is 2.58 bits per heavy atom. The van der Waals surface area contributed by atoms with Gasteiger partial charge in [0.2, 0.25) is 0 Å². The zero-order valence-electron chi connectivity index (χ0n) is 9.62. The van der Waals surface area contributed by atoms with E-state index in [1.165, 1.54) is 18.5 Å². The first kappa shape index (κ1) is 11.1. The van der Waals surface area contributed by atoms with E-state index in [1.807, 2.05) is 0 Å². The van der Waals surface area contributed by atoms with Gasteiger partial charge in [0, 0.05) is 5.56 Å². The van der Waals surface area contributed by atoms with Gasteiger partial charge in [0.15, 0.2) is 11.5 Å². The van der Waals surface area contributed by atoms with Crippen LogP contribution in [-0.2, 0) is 0 Å². The minimum atomic E-state index is -1.22. The number of rotatable bonds is 2. The number of aromatic nitrogens is 4. The van der Waals surface area contributed by atoms with Gasteiger partial charge in [0.05, 0.1) is 5.97 Å². The second-order valence-corrected chi connectivity index (χ2v) is 3.91. The Hall–Kier alpha value is -2.96. The molecule has 0 aliphatic carbocycles. The highest BCUT2D eigenvalue weighted by atomic mass is 16.4. The van der Waals surface area contributed by atoms with Crippen LogP contribution >= 0.6 is 0 Å². The van der Waals surface area contributed by atoms with E-state index in [2.05, 4.69) is 19.9 Å². The number of benzene rings is 1. The molecule has 19 heavy (non-hydrogen) atoms. The number of hydrogen-bond acceptors (Lipinski definition) is 6. The molecule has 0 unspecified atom stereocenters. The number of aromatic carboxylic acids is 1. The number of carboxylic acid groups (broad SMARTS) is 1. The fraction of sp³-hybridized carbons (Fsp3) is 0. The van der Waals surface area contributed by atoms with Crippen LogP contribution in [0.4, 0.5) is 5.82 Å². The van der Waals surface area contributed by atoms with Crippen molar-refractivity contribution < 1.29 is 9.90 Å². The van der Waals surface area contributed by atoms with Crippen LogP contribution in [0.3, 0.4) is 0 Å². The number of nitrogens with zero attached hydrogens (tertiary/aromatic N) is 3. The fourth-order valence-corrected chi connectivity index (χ4v) is 1.75. The summed E-state index contributed by atoms with van der Waals surface area (Å²) in [7, 11) is 0. The van der Waals surface area contributed by atoms with E-state index < -0.39 is 5.97 Å². The van der Waals surface area contributed by atoms with Gasteiger partial charge >= 0.3 is 0 Å². The summed E-state index contributed by atoms with van der Waals surface area (Å²) in [5.41, 5.74) is 7.56. The van der Waals surface area contributed by atoms with Gasteiger partial charge < -0.3 is 20.6 Å². The molecule has 0 radical (unpaired) electrons. The molecule has 0 bridgehead atoms. The third-order valence-corrected chi connectivity index (χ3v) is 2.71. The van der Waals surface area contributed by atoms with Crippen molar-refractivity contribution in [3.05, 3.63) is 36.2 Å². The second kappa shape index (κ2) is 4.05. The third kappa shape index (κ3) is 1.86. The van der Waals surface area contributed by atoms with Crippen molar-refractivity contribution in [2.75, 3.05) is 5.73 Å². The first-order chi connectivity index (χ1) is 9.15. The van der Waals surface area contributed by atoms with Gasteiger partial charge in [-0.25, -0.2) is 15.0 Å². The number of aromatic amines is 1. The number of carbonyl (C=O) groups is 1. The lowest BCUT2D eigenvalue weighted by Crippen LogP contribution is -2.21. The molecule has 2 heterocycles. The lowest BCUT2D eigenvalue weighted by atomic mass is 10.1. The highest BCUT2D eigenvalue weighted by molar-refractivity contribution is 5.87. The average Bonchev–Trinajstić information content (AvgIpc) is 2.84.